The van der Waals surface area contributed by atoms with Gasteiger partial charge in [0, 0.05) is 0 Å². The first-order valence-corrected chi connectivity index (χ1v) is 8.12. The molecular formula is C18H32O5. The molecule has 3 atom stereocenters. The Hall–Kier alpha value is -1.36. The molecule has 0 radical (unpaired) electrons. The molecule has 134 valence electrons. The molecule has 0 aromatic heterocycles. The second kappa shape index (κ2) is 9.71. The SMILES string of the molecule is C=CCO[C@@H](C)[C@@H](OC(=O)[C@H](C)CC(=O)OC(C)(C)C)C(C)C. The van der Waals surface area contributed by atoms with Crippen LogP contribution in [-0.2, 0) is 23.8 Å². The molecule has 0 aromatic rings. The van der Waals surface area contributed by atoms with Crippen LogP contribution < -0.4 is 0 Å². The summed E-state index contributed by atoms with van der Waals surface area (Å²) in [5.74, 6) is -1.27. The first-order valence-electron chi connectivity index (χ1n) is 8.12. The summed E-state index contributed by atoms with van der Waals surface area (Å²) >= 11 is 0. The normalized spacial score (nSPS) is 15.7. The highest BCUT2D eigenvalue weighted by Crippen LogP contribution is 2.18. The molecule has 5 heteroatoms. The van der Waals surface area contributed by atoms with Gasteiger partial charge in [-0.25, -0.2) is 0 Å². The van der Waals surface area contributed by atoms with Crippen molar-refractivity contribution >= 4 is 11.9 Å². The van der Waals surface area contributed by atoms with Gasteiger partial charge in [-0.2, -0.15) is 0 Å². The highest BCUT2D eigenvalue weighted by Gasteiger charge is 2.29. The van der Waals surface area contributed by atoms with Gasteiger partial charge < -0.3 is 14.2 Å². The predicted molar refractivity (Wildman–Crippen MR) is 90.0 cm³/mol. The van der Waals surface area contributed by atoms with Crippen LogP contribution in [0.2, 0.25) is 0 Å². The van der Waals surface area contributed by atoms with E-state index >= 15 is 0 Å². The molecule has 23 heavy (non-hydrogen) atoms. The van der Waals surface area contributed by atoms with Crippen molar-refractivity contribution in [3.05, 3.63) is 12.7 Å². The van der Waals surface area contributed by atoms with E-state index in [9.17, 15) is 9.59 Å². The molecule has 0 aliphatic heterocycles. The van der Waals surface area contributed by atoms with Crippen LogP contribution in [0.3, 0.4) is 0 Å². The van der Waals surface area contributed by atoms with Gasteiger partial charge in [0.2, 0.25) is 0 Å². The number of carbonyl (C=O) groups is 2. The Morgan fingerprint density at radius 3 is 2.13 bits per heavy atom. The summed E-state index contributed by atoms with van der Waals surface area (Å²) in [7, 11) is 0. The van der Waals surface area contributed by atoms with Crippen molar-refractivity contribution in [2.24, 2.45) is 11.8 Å². The Morgan fingerprint density at radius 2 is 1.70 bits per heavy atom. The molecular weight excluding hydrogens is 296 g/mol. The predicted octanol–water partition coefficient (Wildman–Crippen LogP) is 3.51. The van der Waals surface area contributed by atoms with Crippen molar-refractivity contribution in [1.29, 1.82) is 0 Å². The Balaban J connectivity index is 4.61. The summed E-state index contributed by atoms with van der Waals surface area (Å²) < 4.78 is 16.3. The molecule has 0 unspecified atom stereocenters. The average molecular weight is 328 g/mol. The van der Waals surface area contributed by atoms with Gasteiger partial charge in [-0.15, -0.1) is 6.58 Å². The van der Waals surface area contributed by atoms with E-state index in [2.05, 4.69) is 6.58 Å². The van der Waals surface area contributed by atoms with E-state index in [-0.39, 0.29) is 24.5 Å². The molecule has 0 N–H and O–H groups in total. The maximum Gasteiger partial charge on any atom is 0.309 e. The molecule has 0 saturated heterocycles. The summed E-state index contributed by atoms with van der Waals surface area (Å²) in [6.45, 7) is 16.8. The van der Waals surface area contributed by atoms with Gasteiger partial charge >= 0.3 is 11.9 Å². The van der Waals surface area contributed by atoms with Crippen LogP contribution in [0.25, 0.3) is 0 Å². The van der Waals surface area contributed by atoms with Crippen LogP contribution in [0.15, 0.2) is 12.7 Å². The third kappa shape index (κ3) is 9.39. The minimum atomic E-state index is -0.561. The quantitative estimate of drug-likeness (QED) is 0.479. The fourth-order valence-electron chi connectivity index (χ4n) is 2.06. The monoisotopic (exact) mass is 328 g/mol. The molecule has 0 aromatic carbocycles. The molecule has 0 bridgehead atoms. The van der Waals surface area contributed by atoms with Crippen LogP contribution in [0.4, 0.5) is 0 Å². The largest absolute Gasteiger partial charge is 0.460 e. The lowest BCUT2D eigenvalue weighted by Gasteiger charge is -2.28. The number of ether oxygens (including phenoxy) is 3. The summed E-state index contributed by atoms with van der Waals surface area (Å²) in [6, 6.07) is 0. The Kier molecular flexibility index (Phi) is 9.13. The Morgan fingerprint density at radius 1 is 1.13 bits per heavy atom. The molecule has 0 aliphatic rings. The fourth-order valence-corrected chi connectivity index (χ4v) is 2.06. The van der Waals surface area contributed by atoms with Crippen LogP contribution in [0.1, 0.15) is 54.9 Å². The van der Waals surface area contributed by atoms with Crippen molar-refractivity contribution in [3.63, 3.8) is 0 Å². The summed E-state index contributed by atoms with van der Waals surface area (Å²) in [5, 5.41) is 0. The molecule has 0 saturated carbocycles. The van der Waals surface area contributed by atoms with E-state index in [0.29, 0.717) is 6.61 Å². The van der Waals surface area contributed by atoms with Crippen molar-refractivity contribution in [1.82, 2.24) is 0 Å². The summed E-state index contributed by atoms with van der Waals surface area (Å²) in [6.07, 6.45) is 1.04. The number of hydrogen-bond acceptors (Lipinski definition) is 5. The average Bonchev–Trinajstić information content (AvgIpc) is 2.38. The maximum absolute atomic E-state index is 12.2. The topological polar surface area (TPSA) is 61.8 Å². The molecule has 0 rings (SSSR count). The number of carbonyl (C=O) groups excluding carboxylic acids is 2. The molecule has 5 nitrogen and oxygen atoms in total. The third-order valence-electron chi connectivity index (χ3n) is 3.14. The van der Waals surface area contributed by atoms with Gasteiger partial charge in [0.25, 0.3) is 0 Å². The highest BCUT2D eigenvalue weighted by molar-refractivity contribution is 5.79. The maximum atomic E-state index is 12.2. The molecule has 0 fully saturated rings. The van der Waals surface area contributed by atoms with Gasteiger partial charge in [0.1, 0.15) is 11.7 Å². The summed E-state index contributed by atoms with van der Waals surface area (Å²) in [4.78, 5) is 24.0. The van der Waals surface area contributed by atoms with Gasteiger partial charge in [-0.05, 0) is 33.6 Å². The zero-order valence-electron chi connectivity index (χ0n) is 15.5. The highest BCUT2D eigenvalue weighted by atomic mass is 16.6. The molecule has 0 heterocycles. The van der Waals surface area contributed by atoms with E-state index < -0.39 is 23.5 Å². The Bertz CT molecular complexity index is 395. The lowest BCUT2D eigenvalue weighted by atomic mass is 10.0. The third-order valence-corrected chi connectivity index (χ3v) is 3.14. The van der Waals surface area contributed by atoms with Gasteiger partial charge in [-0.1, -0.05) is 26.8 Å². The van der Waals surface area contributed by atoms with Crippen molar-refractivity contribution < 1.29 is 23.8 Å². The van der Waals surface area contributed by atoms with E-state index in [4.69, 9.17) is 14.2 Å². The van der Waals surface area contributed by atoms with E-state index in [1.54, 1.807) is 33.8 Å². The minimum Gasteiger partial charge on any atom is -0.460 e. The lowest BCUT2D eigenvalue weighted by Crippen LogP contribution is -2.37. The first kappa shape index (κ1) is 21.6. The van der Waals surface area contributed by atoms with Crippen LogP contribution in [-0.4, -0.2) is 36.4 Å². The molecule has 0 aliphatic carbocycles. The van der Waals surface area contributed by atoms with Gasteiger partial charge in [0.05, 0.1) is 25.0 Å². The van der Waals surface area contributed by atoms with E-state index in [0.717, 1.165) is 0 Å². The second-order valence-electron chi connectivity index (χ2n) is 7.16. The molecule has 0 amide bonds. The zero-order chi connectivity index (χ0) is 18.2. The van der Waals surface area contributed by atoms with Crippen LogP contribution in [0, 0.1) is 11.8 Å². The standard InChI is InChI=1S/C18H32O5/c1-9-10-21-14(5)16(12(2)3)22-17(20)13(4)11-15(19)23-18(6,7)8/h9,12-14,16H,1,10-11H2,2-8H3/t13-,14+,16+/m1/s1. The van der Waals surface area contributed by atoms with Crippen molar-refractivity contribution in [2.45, 2.75) is 72.7 Å². The molecule has 0 spiro atoms. The zero-order valence-corrected chi connectivity index (χ0v) is 15.5. The van der Waals surface area contributed by atoms with E-state index in [1.807, 2.05) is 20.8 Å². The second-order valence-corrected chi connectivity index (χ2v) is 7.16. The van der Waals surface area contributed by atoms with Crippen molar-refractivity contribution in [3.8, 4) is 0 Å². The van der Waals surface area contributed by atoms with Gasteiger partial charge in [0.15, 0.2) is 0 Å². The van der Waals surface area contributed by atoms with Crippen molar-refractivity contribution in [2.75, 3.05) is 6.61 Å². The van der Waals surface area contributed by atoms with Crippen LogP contribution >= 0.6 is 0 Å². The number of esters is 2. The van der Waals surface area contributed by atoms with Crippen LogP contribution in [0.5, 0.6) is 0 Å². The van der Waals surface area contributed by atoms with E-state index in [1.165, 1.54) is 0 Å². The fraction of sp³-hybridized carbons (Fsp3) is 0.778. The summed E-state index contributed by atoms with van der Waals surface area (Å²) in [5.41, 5.74) is -0.561. The number of hydrogen-bond donors (Lipinski definition) is 0. The minimum absolute atomic E-state index is 0.00279. The number of rotatable bonds is 9. The smallest absolute Gasteiger partial charge is 0.309 e. The van der Waals surface area contributed by atoms with Gasteiger partial charge in [-0.3, -0.25) is 9.59 Å². The Labute approximate surface area is 140 Å². The first-order chi connectivity index (χ1) is 10.5. The lowest BCUT2D eigenvalue weighted by molar-refractivity contribution is -0.169.